The zero-order valence-corrected chi connectivity index (χ0v) is 11.9. The highest BCUT2D eigenvalue weighted by atomic mass is 32.1. The van der Waals surface area contributed by atoms with Gasteiger partial charge in [0, 0.05) is 29.4 Å². The Hall–Kier alpha value is -1.26. The van der Waals surface area contributed by atoms with Gasteiger partial charge in [-0.1, -0.05) is 20.8 Å². The molecule has 0 radical (unpaired) electrons. The van der Waals surface area contributed by atoms with Crippen LogP contribution >= 0.6 is 11.3 Å². The fourth-order valence-corrected chi connectivity index (χ4v) is 3.15. The van der Waals surface area contributed by atoms with Crippen LogP contribution in [0.15, 0.2) is 18.5 Å². The van der Waals surface area contributed by atoms with Gasteiger partial charge in [-0.25, -0.2) is 4.98 Å². The fraction of sp³-hybridized carbons (Fsp3) is 0.429. The number of hydrogen-bond acceptors (Lipinski definition) is 4. The monoisotopic (exact) mass is 261 g/mol. The van der Waals surface area contributed by atoms with Gasteiger partial charge < -0.3 is 5.73 Å². The molecule has 0 unspecified atom stereocenters. The van der Waals surface area contributed by atoms with Crippen molar-refractivity contribution in [1.29, 1.82) is 0 Å². The Bertz CT molecular complexity index is 532. The lowest BCUT2D eigenvalue weighted by molar-refractivity contribution is 0.814. The number of rotatable bonds is 4. The lowest BCUT2D eigenvalue weighted by atomic mass is 10.1. The van der Waals surface area contributed by atoms with Crippen molar-refractivity contribution in [2.24, 2.45) is 5.73 Å². The van der Waals surface area contributed by atoms with E-state index < -0.39 is 0 Å². The Morgan fingerprint density at radius 2 is 2.17 bits per heavy atom. The second-order valence-electron chi connectivity index (χ2n) is 4.57. The number of hydrogen-bond donors (Lipinski definition) is 1. The zero-order chi connectivity index (χ0) is 13.1. The van der Waals surface area contributed by atoms with Crippen LogP contribution in [0.1, 0.15) is 42.8 Å². The predicted molar refractivity (Wildman–Crippen MR) is 76.7 cm³/mol. The molecular formula is C14H19N3S. The Balaban J connectivity index is 2.51. The van der Waals surface area contributed by atoms with Crippen LogP contribution in [-0.2, 0) is 13.0 Å². The first-order chi connectivity index (χ1) is 8.67. The van der Waals surface area contributed by atoms with E-state index in [4.69, 9.17) is 10.7 Å². The van der Waals surface area contributed by atoms with Gasteiger partial charge in [0.2, 0.25) is 0 Å². The molecule has 0 aromatic carbocycles. The Morgan fingerprint density at radius 3 is 2.72 bits per heavy atom. The highest BCUT2D eigenvalue weighted by Gasteiger charge is 2.15. The first kappa shape index (κ1) is 13.2. The van der Waals surface area contributed by atoms with Gasteiger partial charge in [0.25, 0.3) is 0 Å². The van der Waals surface area contributed by atoms with Gasteiger partial charge in [-0.3, -0.25) is 4.98 Å². The van der Waals surface area contributed by atoms with Gasteiger partial charge >= 0.3 is 0 Å². The van der Waals surface area contributed by atoms with Crippen LogP contribution in [0.5, 0.6) is 0 Å². The van der Waals surface area contributed by atoms with Crippen molar-refractivity contribution < 1.29 is 0 Å². The maximum absolute atomic E-state index is 5.81. The number of aryl methyl sites for hydroxylation is 1. The van der Waals surface area contributed by atoms with E-state index in [0.717, 1.165) is 17.1 Å². The lowest BCUT2D eigenvalue weighted by Crippen LogP contribution is -1.99. The minimum absolute atomic E-state index is 0.417. The molecule has 0 aliphatic rings. The quantitative estimate of drug-likeness (QED) is 0.918. The molecule has 4 heteroatoms. The summed E-state index contributed by atoms with van der Waals surface area (Å²) in [6.45, 7) is 7.02. The summed E-state index contributed by atoms with van der Waals surface area (Å²) >= 11 is 1.71. The lowest BCUT2D eigenvalue weighted by Gasteiger charge is -2.03. The molecule has 2 aromatic heterocycles. The average Bonchev–Trinajstić information content (AvgIpc) is 2.82. The summed E-state index contributed by atoms with van der Waals surface area (Å²) in [6, 6.07) is 2.04. The number of nitrogens with zero attached hydrogens (tertiary/aromatic N) is 2. The van der Waals surface area contributed by atoms with Gasteiger partial charge in [-0.2, -0.15) is 0 Å². The minimum Gasteiger partial charge on any atom is -0.326 e. The zero-order valence-electron chi connectivity index (χ0n) is 11.1. The van der Waals surface area contributed by atoms with E-state index in [0.29, 0.717) is 12.5 Å². The Morgan fingerprint density at radius 1 is 1.39 bits per heavy atom. The molecule has 0 amide bonds. The molecule has 2 N–H and O–H groups in total. The summed E-state index contributed by atoms with van der Waals surface area (Å²) in [6.07, 6.45) is 4.72. The van der Waals surface area contributed by atoms with Crippen LogP contribution in [0, 0.1) is 0 Å². The third-order valence-electron chi connectivity index (χ3n) is 2.97. The molecule has 0 fully saturated rings. The van der Waals surface area contributed by atoms with Crippen molar-refractivity contribution in [2.75, 3.05) is 0 Å². The number of thiazole rings is 1. The van der Waals surface area contributed by atoms with E-state index in [1.807, 2.05) is 18.5 Å². The van der Waals surface area contributed by atoms with E-state index >= 15 is 0 Å². The molecule has 0 bridgehead atoms. The van der Waals surface area contributed by atoms with Gasteiger partial charge in [0.1, 0.15) is 5.01 Å². The summed E-state index contributed by atoms with van der Waals surface area (Å²) in [4.78, 5) is 10.1. The van der Waals surface area contributed by atoms with Crippen molar-refractivity contribution in [3.63, 3.8) is 0 Å². The van der Waals surface area contributed by atoms with Gasteiger partial charge in [-0.05, 0) is 24.0 Å². The largest absolute Gasteiger partial charge is 0.326 e. The fourth-order valence-electron chi connectivity index (χ4n) is 1.99. The van der Waals surface area contributed by atoms with Crippen molar-refractivity contribution in [3.05, 3.63) is 34.6 Å². The summed E-state index contributed by atoms with van der Waals surface area (Å²) in [5.41, 5.74) is 9.38. The topological polar surface area (TPSA) is 51.8 Å². The van der Waals surface area contributed by atoms with E-state index in [-0.39, 0.29) is 0 Å². The van der Waals surface area contributed by atoms with Crippen LogP contribution in [-0.4, -0.2) is 9.97 Å². The second-order valence-corrected chi connectivity index (χ2v) is 5.66. The van der Waals surface area contributed by atoms with Crippen LogP contribution in [0.3, 0.4) is 0 Å². The van der Waals surface area contributed by atoms with E-state index in [2.05, 4.69) is 25.8 Å². The van der Waals surface area contributed by atoms with Gasteiger partial charge in [0.05, 0.1) is 5.69 Å². The maximum atomic E-state index is 5.81. The number of nitrogens with two attached hydrogens (primary N) is 1. The molecule has 96 valence electrons. The predicted octanol–water partition coefficient (Wildman–Crippen LogP) is 3.35. The van der Waals surface area contributed by atoms with E-state index in [9.17, 15) is 0 Å². The Kier molecular flexibility index (Phi) is 4.09. The third kappa shape index (κ3) is 2.44. The van der Waals surface area contributed by atoms with E-state index in [1.165, 1.54) is 16.0 Å². The summed E-state index contributed by atoms with van der Waals surface area (Å²) in [5.74, 6) is 0.417. The number of aromatic nitrogens is 2. The van der Waals surface area contributed by atoms with Crippen LogP contribution in [0.2, 0.25) is 0 Å². The molecule has 2 rings (SSSR count). The first-order valence-corrected chi connectivity index (χ1v) is 7.11. The van der Waals surface area contributed by atoms with Crippen molar-refractivity contribution in [2.45, 2.75) is 39.7 Å². The maximum Gasteiger partial charge on any atom is 0.124 e. The molecule has 2 aromatic rings. The molecule has 0 aliphatic carbocycles. The van der Waals surface area contributed by atoms with Crippen LogP contribution < -0.4 is 5.73 Å². The van der Waals surface area contributed by atoms with E-state index in [1.54, 1.807) is 11.3 Å². The Labute approximate surface area is 112 Å². The average molecular weight is 261 g/mol. The molecule has 0 saturated heterocycles. The summed E-state index contributed by atoms with van der Waals surface area (Å²) in [7, 11) is 0. The molecule has 0 spiro atoms. The molecule has 18 heavy (non-hydrogen) atoms. The summed E-state index contributed by atoms with van der Waals surface area (Å²) in [5, 5.41) is 1.07. The second kappa shape index (κ2) is 5.59. The van der Waals surface area contributed by atoms with Gasteiger partial charge in [0.15, 0.2) is 0 Å². The highest BCUT2D eigenvalue weighted by molar-refractivity contribution is 7.15. The van der Waals surface area contributed by atoms with Crippen molar-refractivity contribution >= 4 is 11.3 Å². The smallest absolute Gasteiger partial charge is 0.124 e. The van der Waals surface area contributed by atoms with Crippen LogP contribution in [0.4, 0.5) is 0 Å². The number of pyridine rings is 1. The minimum atomic E-state index is 0.417. The molecular weight excluding hydrogens is 242 g/mol. The molecule has 0 aliphatic heterocycles. The van der Waals surface area contributed by atoms with Crippen molar-refractivity contribution in [3.8, 4) is 10.6 Å². The van der Waals surface area contributed by atoms with Crippen molar-refractivity contribution in [1.82, 2.24) is 9.97 Å². The standard InChI is InChI=1S/C14H19N3S/c1-4-10-8-16-6-5-11(10)14-17-13(9(2)3)12(7-15)18-14/h5-6,8-9H,4,7,15H2,1-3H3. The summed E-state index contributed by atoms with van der Waals surface area (Å²) < 4.78 is 0. The van der Waals surface area contributed by atoms with Gasteiger partial charge in [-0.15, -0.1) is 11.3 Å². The first-order valence-electron chi connectivity index (χ1n) is 6.30. The highest BCUT2D eigenvalue weighted by Crippen LogP contribution is 2.33. The normalized spacial score (nSPS) is 11.2. The molecule has 3 nitrogen and oxygen atoms in total. The molecule has 0 atom stereocenters. The third-order valence-corrected chi connectivity index (χ3v) is 4.10. The molecule has 0 saturated carbocycles. The van der Waals surface area contributed by atoms with Crippen LogP contribution in [0.25, 0.3) is 10.6 Å². The molecule has 2 heterocycles. The SMILES string of the molecule is CCc1cnccc1-c1nc(C(C)C)c(CN)s1.